The average Bonchev–Trinajstić information content (AvgIpc) is 3.14. The molecular formula is C22H24N2O4. The van der Waals surface area contributed by atoms with Crippen molar-refractivity contribution in [3.63, 3.8) is 0 Å². The van der Waals surface area contributed by atoms with E-state index in [1.807, 2.05) is 48.5 Å². The van der Waals surface area contributed by atoms with Gasteiger partial charge in [0.25, 0.3) is 0 Å². The Bertz CT molecular complexity index is 865. The summed E-state index contributed by atoms with van der Waals surface area (Å²) in [5.41, 5.74) is 1.83. The van der Waals surface area contributed by atoms with Gasteiger partial charge in [0.05, 0.1) is 13.0 Å². The molecule has 4 rings (SSSR count). The van der Waals surface area contributed by atoms with Crippen molar-refractivity contribution in [2.24, 2.45) is 0 Å². The number of hydrogen-bond acceptors (Lipinski definition) is 4. The van der Waals surface area contributed by atoms with Gasteiger partial charge in [-0.3, -0.25) is 9.59 Å². The Morgan fingerprint density at radius 2 is 1.89 bits per heavy atom. The van der Waals surface area contributed by atoms with Gasteiger partial charge in [0.1, 0.15) is 6.61 Å². The number of ether oxygens (including phenoxy) is 2. The van der Waals surface area contributed by atoms with Gasteiger partial charge in [-0.25, -0.2) is 0 Å². The third-order valence-corrected chi connectivity index (χ3v) is 5.15. The zero-order valence-corrected chi connectivity index (χ0v) is 16.0. The number of anilines is 1. The average molecular weight is 380 g/mol. The Kier molecular flexibility index (Phi) is 5.19. The Labute approximate surface area is 164 Å². The molecule has 146 valence electrons. The predicted octanol–water partition coefficient (Wildman–Crippen LogP) is 2.65. The maximum atomic E-state index is 12.6. The quantitative estimate of drug-likeness (QED) is 0.800. The van der Waals surface area contributed by atoms with Crippen molar-refractivity contribution in [3.8, 4) is 11.5 Å². The van der Waals surface area contributed by atoms with Crippen molar-refractivity contribution >= 4 is 17.5 Å². The Morgan fingerprint density at radius 1 is 1.14 bits per heavy atom. The summed E-state index contributed by atoms with van der Waals surface area (Å²) in [6.07, 6.45) is 1.64. The van der Waals surface area contributed by atoms with Crippen LogP contribution in [0.25, 0.3) is 0 Å². The fourth-order valence-electron chi connectivity index (χ4n) is 3.58. The van der Waals surface area contributed by atoms with E-state index in [1.165, 1.54) is 0 Å². The third kappa shape index (κ3) is 3.96. The van der Waals surface area contributed by atoms with Gasteiger partial charge in [-0.2, -0.15) is 0 Å². The van der Waals surface area contributed by atoms with Gasteiger partial charge in [-0.1, -0.05) is 24.3 Å². The lowest BCUT2D eigenvalue weighted by Crippen LogP contribution is -2.42. The molecule has 1 unspecified atom stereocenters. The minimum Gasteiger partial charge on any atom is -0.486 e. The second-order valence-corrected chi connectivity index (χ2v) is 7.26. The van der Waals surface area contributed by atoms with Crippen LogP contribution in [0.15, 0.2) is 48.5 Å². The Hall–Kier alpha value is -3.02. The van der Waals surface area contributed by atoms with Crippen LogP contribution in [0.1, 0.15) is 18.4 Å². The molecule has 6 heteroatoms. The number of hydrogen-bond donors (Lipinski definition) is 0. The lowest BCUT2D eigenvalue weighted by Gasteiger charge is -2.29. The first-order valence-electron chi connectivity index (χ1n) is 9.62. The van der Waals surface area contributed by atoms with Crippen LogP contribution >= 0.6 is 0 Å². The summed E-state index contributed by atoms with van der Waals surface area (Å²) in [5.74, 6) is 1.64. The van der Waals surface area contributed by atoms with Crippen molar-refractivity contribution in [2.45, 2.75) is 25.4 Å². The molecule has 0 spiro atoms. The van der Waals surface area contributed by atoms with Crippen LogP contribution in [0.4, 0.5) is 5.69 Å². The van der Waals surface area contributed by atoms with Crippen LogP contribution in [-0.2, 0) is 16.0 Å². The number of para-hydroxylation sites is 2. The van der Waals surface area contributed by atoms with Crippen molar-refractivity contribution in [3.05, 3.63) is 54.1 Å². The largest absolute Gasteiger partial charge is 0.486 e. The molecule has 0 aromatic heterocycles. The summed E-state index contributed by atoms with van der Waals surface area (Å²) < 4.78 is 11.6. The molecule has 1 atom stereocenters. The van der Waals surface area contributed by atoms with Gasteiger partial charge in [0, 0.05) is 25.7 Å². The minimum absolute atomic E-state index is 0.0208. The summed E-state index contributed by atoms with van der Waals surface area (Å²) in [5, 5.41) is 0. The van der Waals surface area contributed by atoms with E-state index in [4.69, 9.17) is 9.47 Å². The lowest BCUT2D eigenvalue weighted by atomic mass is 10.1. The first-order chi connectivity index (χ1) is 13.6. The Balaban J connectivity index is 1.31. The van der Waals surface area contributed by atoms with Gasteiger partial charge in [-0.05, 0) is 36.2 Å². The highest BCUT2D eigenvalue weighted by Gasteiger charge is 2.24. The van der Waals surface area contributed by atoms with Crippen LogP contribution in [0.3, 0.4) is 0 Å². The van der Waals surface area contributed by atoms with Crippen molar-refractivity contribution in [1.29, 1.82) is 0 Å². The molecule has 2 aromatic rings. The third-order valence-electron chi connectivity index (χ3n) is 5.15. The lowest BCUT2D eigenvalue weighted by molar-refractivity contribution is -0.130. The zero-order valence-electron chi connectivity index (χ0n) is 16.0. The maximum Gasteiger partial charge on any atom is 0.227 e. The SMILES string of the molecule is CN(CC1COc2ccccc2O1)C(=O)Cc1ccc(N2CCCC2=O)cc1. The topological polar surface area (TPSA) is 59.1 Å². The highest BCUT2D eigenvalue weighted by Crippen LogP contribution is 2.31. The molecule has 0 N–H and O–H groups in total. The summed E-state index contributed by atoms with van der Waals surface area (Å²) in [6, 6.07) is 15.2. The van der Waals surface area contributed by atoms with E-state index in [-0.39, 0.29) is 17.9 Å². The monoisotopic (exact) mass is 380 g/mol. The number of carbonyl (C=O) groups excluding carboxylic acids is 2. The number of likely N-dealkylation sites (N-methyl/N-ethyl adjacent to an activating group) is 1. The number of amides is 2. The highest BCUT2D eigenvalue weighted by atomic mass is 16.6. The van der Waals surface area contributed by atoms with E-state index in [2.05, 4.69) is 0 Å². The molecule has 2 aliphatic heterocycles. The van der Waals surface area contributed by atoms with Crippen LogP contribution in [0, 0.1) is 0 Å². The number of rotatable bonds is 5. The first-order valence-corrected chi connectivity index (χ1v) is 9.62. The van der Waals surface area contributed by atoms with Gasteiger partial charge in [0.15, 0.2) is 17.6 Å². The molecule has 1 saturated heterocycles. The van der Waals surface area contributed by atoms with Crippen LogP contribution < -0.4 is 14.4 Å². The molecule has 0 saturated carbocycles. The summed E-state index contributed by atoms with van der Waals surface area (Å²) in [4.78, 5) is 27.9. The van der Waals surface area contributed by atoms with E-state index in [9.17, 15) is 9.59 Å². The van der Waals surface area contributed by atoms with E-state index in [0.29, 0.717) is 31.7 Å². The molecule has 1 fully saturated rings. The number of fused-ring (bicyclic) bond motifs is 1. The predicted molar refractivity (Wildman–Crippen MR) is 106 cm³/mol. The van der Waals surface area contributed by atoms with Gasteiger partial charge >= 0.3 is 0 Å². The zero-order chi connectivity index (χ0) is 19.5. The van der Waals surface area contributed by atoms with Crippen molar-refractivity contribution in [2.75, 3.05) is 31.6 Å². The molecular weight excluding hydrogens is 356 g/mol. The summed E-state index contributed by atoms with van der Waals surface area (Å²) in [6.45, 7) is 1.66. The molecule has 2 amide bonds. The second-order valence-electron chi connectivity index (χ2n) is 7.26. The fraction of sp³-hybridized carbons (Fsp3) is 0.364. The maximum absolute atomic E-state index is 12.6. The molecule has 2 aromatic carbocycles. The number of nitrogens with zero attached hydrogens (tertiary/aromatic N) is 2. The molecule has 2 aliphatic rings. The smallest absolute Gasteiger partial charge is 0.227 e. The van der Waals surface area contributed by atoms with Gasteiger partial charge in [-0.15, -0.1) is 0 Å². The minimum atomic E-state index is -0.188. The fourth-order valence-corrected chi connectivity index (χ4v) is 3.58. The summed E-state index contributed by atoms with van der Waals surface area (Å²) >= 11 is 0. The number of benzene rings is 2. The molecule has 0 radical (unpaired) electrons. The molecule has 0 bridgehead atoms. The van der Waals surface area contributed by atoms with Crippen molar-refractivity contribution in [1.82, 2.24) is 4.90 Å². The van der Waals surface area contributed by atoms with E-state index < -0.39 is 0 Å². The van der Waals surface area contributed by atoms with Crippen LogP contribution in [0.5, 0.6) is 11.5 Å². The molecule has 2 heterocycles. The number of carbonyl (C=O) groups is 2. The van der Waals surface area contributed by atoms with Crippen LogP contribution in [-0.4, -0.2) is 49.6 Å². The second kappa shape index (κ2) is 7.92. The highest BCUT2D eigenvalue weighted by molar-refractivity contribution is 5.95. The normalized spacial score (nSPS) is 18.2. The molecule has 6 nitrogen and oxygen atoms in total. The van der Waals surface area contributed by atoms with Gasteiger partial charge in [0.2, 0.25) is 11.8 Å². The molecule has 28 heavy (non-hydrogen) atoms. The van der Waals surface area contributed by atoms with Gasteiger partial charge < -0.3 is 19.3 Å². The molecule has 0 aliphatic carbocycles. The first kappa shape index (κ1) is 18.3. The van der Waals surface area contributed by atoms with Crippen molar-refractivity contribution < 1.29 is 19.1 Å². The standard InChI is InChI=1S/C22H24N2O4/c1-23(14-18-15-27-19-5-2-3-6-20(19)28-18)22(26)13-16-8-10-17(11-9-16)24-12-4-7-21(24)25/h2-3,5-6,8-11,18H,4,7,12-15H2,1H3. The summed E-state index contributed by atoms with van der Waals surface area (Å²) in [7, 11) is 1.78. The van der Waals surface area contributed by atoms with Crippen LogP contribution in [0.2, 0.25) is 0 Å². The van der Waals surface area contributed by atoms with E-state index in [0.717, 1.165) is 30.0 Å². The Morgan fingerprint density at radius 3 is 2.61 bits per heavy atom. The van der Waals surface area contributed by atoms with E-state index in [1.54, 1.807) is 16.8 Å². The van der Waals surface area contributed by atoms with E-state index >= 15 is 0 Å².